The maximum atomic E-state index is 4.45. The van der Waals surface area contributed by atoms with Crippen LogP contribution in [0.15, 0.2) is 24.4 Å². The Labute approximate surface area is 129 Å². The fourth-order valence-corrected chi connectivity index (χ4v) is 3.92. The lowest BCUT2D eigenvalue weighted by Crippen LogP contribution is -2.58. The third-order valence-electron chi connectivity index (χ3n) is 5.33. The van der Waals surface area contributed by atoms with Crippen molar-refractivity contribution in [3.63, 3.8) is 0 Å². The van der Waals surface area contributed by atoms with Gasteiger partial charge in [-0.25, -0.2) is 0 Å². The average Bonchev–Trinajstić information content (AvgIpc) is 2.56. The largest absolute Gasteiger partial charge is 0.311 e. The fourth-order valence-electron chi connectivity index (χ4n) is 3.92. The quantitative estimate of drug-likeness (QED) is 0.923. The molecule has 3 rings (SSSR count). The highest BCUT2D eigenvalue weighted by Crippen LogP contribution is 2.28. The Morgan fingerprint density at radius 1 is 1.24 bits per heavy atom. The molecule has 2 unspecified atom stereocenters. The molecule has 0 amide bonds. The molecule has 116 valence electrons. The number of piperazine rings is 1. The first-order valence-electron chi connectivity index (χ1n) is 8.70. The fraction of sp³-hybridized carbons (Fsp3) is 0.722. The summed E-state index contributed by atoms with van der Waals surface area (Å²) in [4.78, 5) is 7.13. The molecule has 1 N–H and O–H groups in total. The van der Waals surface area contributed by atoms with E-state index in [9.17, 15) is 0 Å². The van der Waals surface area contributed by atoms with E-state index in [0.29, 0.717) is 12.1 Å². The summed E-state index contributed by atoms with van der Waals surface area (Å²) >= 11 is 0. The minimum atomic E-state index is 0.647. The SMILES string of the molecule is CC1CNC(C2CCCCC2)CN1CCc1ccccn1. The lowest BCUT2D eigenvalue weighted by atomic mass is 9.82. The van der Waals surface area contributed by atoms with Gasteiger partial charge in [-0.3, -0.25) is 9.88 Å². The zero-order valence-corrected chi connectivity index (χ0v) is 13.3. The van der Waals surface area contributed by atoms with Gasteiger partial charge in [-0.2, -0.15) is 0 Å². The average molecular weight is 287 g/mol. The molecule has 1 aliphatic carbocycles. The van der Waals surface area contributed by atoms with E-state index in [4.69, 9.17) is 0 Å². The molecule has 1 aromatic heterocycles. The van der Waals surface area contributed by atoms with Crippen LogP contribution in [0.2, 0.25) is 0 Å². The lowest BCUT2D eigenvalue weighted by molar-refractivity contribution is 0.105. The molecule has 3 nitrogen and oxygen atoms in total. The summed E-state index contributed by atoms with van der Waals surface area (Å²) in [6.07, 6.45) is 10.2. The van der Waals surface area contributed by atoms with Gasteiger partial charge in [0.2, 0.25) is 0 Å². The second-order valence-electron chi connectivity index (χ2n) is 6.83. The molecule has 1 aromatic rings. The Bertz CT molecular complexity index is 414. The molecule has 0 aromatic carbocycles. The molecule has 1 saturated heterocycles. The van der Waals surface area contributed by atoms with E-state index >= 15 is 0 Å². The summed E-state index contributed by atoms with van der Waals surface area (Å²) in [6.45, 7) is 5.85. The predicted molar refractivity (Wildman–Crippen MR) is 87.3 cm³/mol. The highest BCUT2D eigenvalue weighted by atomic mass is 15.2. The number of rotatable bonds is 4. The second-order valence-corrected chi connectivity index (χ2v) is 6.83. The molecular weight excluding hydrogens is 258 g/mol. The maximum Gasteiger partial charge on any atom is 0.0416 e. The van der Waals surface area contributed by atoms with Crippen LogP contribution >= 0.6 is 0 Å². The maximum absolute atomic E-state index is 4.45. The van der Waals surface area contributed by atoms with Gasteiger partial charge in [-0.05, 0) is 37.8 Å². The van der Waals surface area contributed by atoms with E-state index < -0.39 is 0 Å². The molecule has 1 saturated carbocycles. The van der Waals surface area contributed by atoms with Gasteiger partial charge < -0.3 is 5.32 Å². The molecule has 2 atom stereocenters. The summed E-state index contributed by atoms with van der Waals surface area (Å²) in [5.41, 5.74) is 1.22. The molecule has 0 spiro atoms. The van der Waals surface area contributed by atoms with Crippen LogP contribution in [0.4, 0.5) is 0 Å². The Kier molecular flexibility index (Phi) is 5.26. The van der Waals surface area contributed by atoms with Crippen LogP contribution in [0, 0.1) is 5.92 Å². The summed E-state index contributed by atoms with van der Waals surface area (Å²) in [6, 6.07) is 7.59. The number of hydrogen-bond donors (Lipinski definition) is 1. The van der Waals surface area contributed by atoms with Gasteiger partial charge in [-0.1, -0.05) is 25.3 Å². The van der Waals surface area contributed by atoms with Gasteiger partial charge in [0.05, 0.1) is 0 Å². The van der Waals surface area contributed by atoms with Crippen molar-refractivity contribution in [2.24, 2.45) is 5.92 Å². The van der Waals surface area contributed by atoms with E-state index in [1.165, 1.54) is 44.3 Å². The van der Waals surface area contributed by atoms with Crippen molar-refractivity contribution in [2.45, 2.75) is 57.5 Å². The third kappa shape index (κ3) is 4.04. The van der Waals surface area contributed by atoms with Crippen LogP contribution in [-0.2, 0) is 6.42 Å². The van der Waals surface area contributed by atoms with E-state index in [1.54, 1.807) is 0 Å². The molecule has 0 bridgehead atoms. The number of hydrogen-bond acceptors (Lipinski definition) is 3. The van der Waals surface area contributed by atoms with Crippen molar-refractivity contribution >= 4 is 0 Å². The first-order valence-corrected chi connectivity index (χ1v) is 8.70. The van der Waals surface area contributed by atoms with Crippen LogP contribution in [0.25, 0.3) is 0 Å². The Hall–Kier alpha value is -0.930. The summed E-state index contributed by atoms with van der Waals surface area (Å²) < 4.78 is 0. The van der Waals surface area contributed by atoms with Crippen molar-refractivity contribution in [3.05, 3.63) is 30.1 Å². The standard InChI is InChI=1S/C18H29N3/c1-15-13-20-18(16-7-3-2-4-8-16)14-21(15)12-10-17-9-5-6-11-19-17/h5-6,9,11,15-16,18,20H,2-4,7-8,10,12-14H2,1H3. The van der Waals surface area contributed by atoms with Gasteiger partial charge in [0.1, 0.15) is 0 Å². The zero-order chi connectivity index (χ0) is 14.5. The summed E-state index contributed by atoms with van der Waals surface area (Å²) in [7, 11) is 0. The van der Waals surface area contributed by atoms with Crippen molar-refractivity contribution in [1.29, 1.82) is 0 Å². The Balaban J connectivity index is 1.53. The van der Waals surface area contributed by atoms with Crippen LogP contribution in [-0.4, -0.2) is 41.6 Å². The number of pyridine rings is 1. The molecule has 3 heteroatoms. The van der Waals surface area contributed by atoms with Crippen molar-refractivity contribution in [3.8, 4) is 0 Å². The van der Waals surface area contributed by atoms with Crippen molar-refractivity contribution < 1.29 is 0 Å². The Morgan fingerprint density at radius 2 is 2.10 bits per heavy atom. The smallest absolute Gasteiger partial charge is 0.0416 e. The van der Waals surface area contributed by atoms with E-state index in [1.807, 2.05) is 12.3 Å². The highest BCUT2D eigenvalue weighted by molar-refractivity contribution is 5.04. The summed E-state index contributed by atoms with van der Waals surface area (Å²) in [5.74, 6) is 0.906. The molecule has 0 radical (unpaired) electrons. The number of nitrogens with zero attached hydrogens (tertiary/aromatic N) is 2. The monoisotopic (exact) mass is 287 g/mol. The highest BCUT2D eigenvalue weighted by Gasteiger charge is 2.30. The molecule has 2 heterocycles. The van der Waals surface area contributed by atoms with E-state index in [2.05, 4.69) is 34.3 Å². The molecule has 2 aliphatic rings. The molecule has 2 fully saturated rings. The van der Waals surface area contributed by atoms with Crippen LogP contribution in [0.5, 0.6) is 0 Å². The number of nitrogens with one attached hydrogen (secondary N) is 1. The third-order valence-corrected chi connectivity index (χ3v) is 5.33. The van der Waals surface area contributed by atoms with Gasteiger partial charge >= 0.3 is 0 Å². The van der Waals surface area contributed by atoms with Gasteiger partial charge in [-0.15, -0.1) is 0 Å². The summed E-state index contributed by atoms with van der Waals surface area (Å²) in [5, 5.41) is 3.81. The zero-order valence-electron chi connectivity index (χ0n) is 13.3. The second kappa shape index (κ2) is 7.37. The van der Waals surface area contributed by atoms with Crippen molar-refractivity contribution in [2.75, 3.05) is 19.6 Å². The van der Waals surface area contributed by atoms with Crippen LogP contribution < -0.4 is 5.32 Å². The van der Waals surface area contributed by atoms with Crippen LogP contribution in [0.3, 0.4) is 0 Å². The van der Waals surface area contributed by atoms with E-state index in [0.717, 1.165) is 25.4 Å². The minimum Gasteiger partial charge on any atom is -0.311 e. The van der Waals surface area contributed by atoms with Gasteiger partial charge in [0.25, 0.3) is 0 Å². The minimum absolute atomic E-state index is 0.647. The predicted octanol–water partition coefficient (Wildman–Crippen LogP) is 2.87. The Morgan fingerprint density at radius 3 is 2.86 bits per heavy atom. The number of aromatic nitrogens is 1. The molecular formula is C18H29N3. The van der Waals surface area contributed by atoms with Gasteiger partial charge in [0.15, 0.2) is 0 Å². The molecule has 1 aliphatic heterocycles. The van der Waals surface area contributed by atoms with Crippen LogP contribution in [0.1, 0.15) is 44.7 Å². The van der Waals surface area contributed by atoms with Crippen molar-refractivity contribution in [1.82, 2.24) is 15.2 Å². The first-order chi connectivity index (χ1) is 10.3. The first kappa shape index (κ1) is 15.0. The topological polar surface area (TPSA) is 28.2 Å². The normalized spacial score (nSPS) is 28.6. The van der Waals surface area contributed by atoms with Gasteiger partial charge in [0, 0.05) is 50.0 Å². The van der Waals surface area contributed by atoms with E-state index in [-0.39, 0.29) is 0 Å². The lowest BCUT2D eigenvalue weighted by Gasteiger charge is -2.42. The molecule has 21 heavy (non-hydrogen) atoms.